The Balaban J connectivity index is 1.45. The van der Waals surface area contributed by atoms with Crippen LogP contribution in [0, 0.1) is 6.92 Å². The lowest BCUT2D eigenvalue weighted by molar-refractivity contribution is 0.0630. The Morgan fingerprint density at radius 3 is 2.63 bits per heavy atom. The van der Waals surface area contributed by atoms with Gasteiger partial charge in [-0.15, -0.1) is 11.3 Å². The Morgan fingerprint density at radius 2 is 1.95 bits per heavy atom. The number of fused-ring (bicyclic) bond motifs is 1. The van der Waals surface area contributed by atoms with Crippen LogP contribution in [0.5, 0.6) is 0 Å². The number of aryl methyl sites for hydroxylation is 1. The number of nitrogens with zero attached hydrogens (tertiary/aromatic N) is 4. The average Bonchev–Trinajstić information content (AvgIpc) is 3.62. The van der Waals surface area contributed by atoms with Gasteiger partial charge in [0.15, 0.2) is 17.9 Å². The molecule has 9 nitrogen and oxygen atoms in total. The molecule has 5 rings (SSSR count). The molecule has 0 aliphatic rings. The SMILES string of the molecule is Cc1ncc(-c2ccc(C(=O)Nc3nc4cc(N(C)C(O)c5ccccc5)ccc4n3CC(C)(C)O)s2)o1. The van der Waals surface area contributed by atoms with Crippen molar-refractivity contribution in [3.63, 3.8) is 0 Å². The molecular weight excluding hydrogens is 502 g/mol. The number of hydrogen-bond acceptors (Lipinski definition) is 8. The maximum Gasteiger partial charge on any atom is 0.268 e. The molecule has 0 saturated carbocycles. The minimum absolute atomic E-state index is 0.216. The highest BCUT2D eigenvalue weighted by Gasteiger charge is 2.23. The molecule has 0 radical (unpaired) electrons. The van der Waals surface area contributed by atoms with Gasteiger partial charge in [-0.1, -0.05) is 30.3 Å². The lowest BCUT2D eigenvalue weighted by Gasteiger charge is -2.26. The highest BCUT2D eigenvalue weighted by atomic mass is 32.1. The predicted molar refractivity (Wildman–Crippen MR) is 148 cm³/mol. The largest absolute Gasteiger partial charge is 0.440 e. The Kier molecular flexibility index (Phi) is 6.78. The van der Waals surface area contributed by atoms with Crippen LogP contribution >= 0.6 is 11.3 Å². The van der Waals surface area contributed by atoms with Crippen LogP contribution in [0.4, 0.5) is 11.6 Å². The van der Waals surface area contributed by atoms with Crippen LogP contribution in [0.2, 0.25) is 0 Å². The van der Waals surface area contributed by atoms with E-state index in [-0.39, 0.29) is 12.5 Å². The highest BCUT2D eigenvalue weighted by molar-refractivity contribution is 7.17. The number of anilines is 2. The molecule has 0 bridgehead atoms. The molecule has 2 aromatic carbocycles. The molecule has 3 heterocycles. The van der Waals surface area contributed by atoms with Crippen molar-refractivity contribution in [1.29, 1.82) is 0 Å². The Morgan fingerprint density at radius 1 is 1.18 bits per heavy atom. The van der Waals surface area contributed by atoms with Gasteiger partial charge in [-0.05, 0) is 44.2 Å². The van der Waals surface area contributed by atoms with E-state index in [0.717, 1.165) is 21.6 Å². The monoisotopic (exact) mass is 531 g/mol. The van der Waals surface area contributed by atoms with Crippen LogP contribution in [0.1, 0.15) is 41.2 Å². The molecule has 0 saturated heterocycles. The van der Waals surface area contributed by atoms with E-state index in [1.54, 1.807) is 49.5 Å². The number of carbonyl (C=O) groups excluding carboxylic acids is 1. The molecule has 5 aromatic rings. The maximum absolute atomic E-state index is 13.2. The molecule has 1 unspecified atom stereocenters. The van der Waals surface area contributed by atoms with Gasteiger partial charge < -0.3 is 24.1 Å². The number of rotatable bonds is 8. The number of benzene rings is 2. The average molecular weight is 532 g/mol. The van der Waals surface area contributed by atoms with Crippen molar-refractivity contribution in [2.75, 3.05) is 17.3 Å². The van der Waals surface area contributed by atoms with Crippen molar-refractivity contribution in [2.24, 2.45) is 0 Å². The normalized spacial score (nSPS) is 12.6. The lowest BCUT2D eigenvalue weighted by atomic mass is 10.1. The third-order valence-electron chi connectivity index (χ3n) is 6.07. The number of thiophene rings is 1. The first-order chi connectivity index (χ1) is 18.1. The van der Waals surface area contributed by atoms with Gasteiger partial charge >= 0.3 is 0 Å². The second-order valence-electron chi connectivity index (χ2n) is 9.76. The molecule has 0 aliphatic heterocycles. The molecule has 3 N–H and O–H groups in total. The number of hydrogen-bond donors (Lipinski definition) is 3. The van der Waals surface area contributed by atoms with Gasteiger partial charge in [0, 0.05) is 25.2 Å². The molecule has 196 valence electrons. The first-order valence-electron chi connectivity index (χ1n) is 12.1. The van der Waals surface area contributed by atoms with E-state index in [1.807, 2.05) is 54.6 Å². The molecule has 3 aromatic heterocycles. The first kappa shape index (κ1) is 25.7. The smallest absolute Gasteiger partial charge is 0.268 e. The van der Waals surface area contributed by atoms with Crippen molar-refractivity contribution < 1.29 is 19.4 Å². The van der Waals surface area contributed by atoms with Crippen LogP contribution < -0.4 is 10.2 Å². The van der Waals surface area contributed by atoms with Gasteiger partial charge in [-0.25, -0.2) is 9.97 Å². The van der Waals surface area contributed by atoms with Crippen molar-refractivity contribution >= 4 is 39.9 Å². The molecule has 0 spiro atoms. The van der Waals surface area contributed by atoms with Gasteiger partial charge in [-0.2, -0.15) is 0 Å². The summed E-state index contributed by atoms with van der Waals surface area (Å²) in [6.45, 7) is 5.39. The van der Waals surface area contributed by atoms with Crippen molar-refractivity contribution in [1.82, 2.24) is 14.5 Å². The van der Waals surface area contributed by atoms with Crippen molar-refractivity contribution in [2.45, 2.75) is 39.1 Å². The van der Waals surface area contributed by atoms with E-state index < -0.39 is 11.8 Å². The molecule has 1 atom stereocenters. The van der Waals surface area contributed by atoms with Crippen LogP contribution in [0.3, 0.4) is 0 Å². The van der Waals surface area contributed by atoms with Crippen LogP contribution in [0.15, 0.2) is 71.3 Å². The zero-order valence-electron chi connectivity index (χ0n) is 21.5. The quantitative estimate of drug-likeness (QED) is 0.235. The predicted octanol–water partition coefficient (Wildman–Crippen LogP) is 5.21. The van der Waals surface area contributed by atoms with Crippen LogP contribution in [-0.2, 0) is 6.54 Å². The number of amides is 1. The Bertz CT molecular complexity index is 1580. The van der Waals surface area contributed by atoms with Crippen molar-refractivity contribution in [3.8, 4) is 10.6 Å². The molecule has 0 fully saturated rings. The summed E-state index contributed by atoms with van der Waals surface area (Å²) in [5.41, 5.74) is 1.85. The first-order valence-corrected chi connectivity index (χ1v) is 12.9. The van der Waals surface area contributed by atoms with E-state index in [4.69, 9.17) is 9.40 Å². The minimum Gasteiger partial charge on any atom is -0.440 e. The third kappa shape index (κ3) is 5.33. The van der Waals surface area contributed by atoms with Crippen LogP contribution in [0.25, 0.3) is 21.7 Å². The van der Waals surface area contributed by atoms with E-state index >= 15 is 0 Å². The zero-order chi connectivity index (χ0) is 27.0. The van der Waals surface area contributed by atoms with E-state index in [1.165, 1.54) is 11.3 Å². The fourth-order valence-electron chi connectivity index (χ4n) is 4.20. The zero-order valence-corrected chi connectivity index (χ0v) is 22.4. The fourth-order valence-corrected chi connectivity index (χ4v) is 5.05. The van der Waals surface area contributed by atoms with Gasteiger partial charge in [0.1, 0.15) is 0 Å². The van der Waals surface area contributed by atoms with E-state index in [0.29, 0.717) is 28.0 Å². The topological polar surface area (TPSA) is 117 Å². The van der Waals surface area contributed by atoms with E-state index in [9.17, 15) is 15.0 Å². The Hall–Kier alpha value is -3.99. The molecule has 10 heteroatoms. The fraction of sp³-hybridized carbons (Fsp3) is 0.250. The van der Waals surface area contributed by atoms with Gasteiger partial charge in [0.2, 0.25) is 5.95 Å². The summed E-state index contributed by atoms with van der Waals surface area (Å²) >= 11 is 1.29. The highest BCUT2D eigenvalue weighted by Crippen LogP contribution is 2.31. The summed E-state index contributed by atoms with van der Waals surface area (Å²) in [5.74, 6) is 1.17. The summed E-state index contributed by atoms with van der Waals surface area (Å²) in [4.78, 5) is 25.0. The molecule has 1 amide bonds. The summed E-state index contributed by atoms with van der Waals surface area (Å²) in [5, 5.41) is 24.3. The second-order valence-corrected chi connectivity index (χ2v) is 10.8. The number of nitrogens with one attached hydrogen (secondary N) is 1. The summed E-state index contributed by atoms with van der Waals surface area (Å²) in [6.07, 6.45) is 0.794. The van der Waals surface area contributed by atoms with Gasteiger partial charge in [-0.3, -0.25) is 10.1 Å². The Labute approximate surface area is 224 Å². The molecule has 0 aliphatic carbocycles. The number of oxazole rings is 1. The number of aliphatic hydroxyl groups is 2. The van der Waals surface area contributed by atoms with E-state index in [2.05, 4.69) is 10.3 Å². The third-order valence-corrected chi connectivity index (χ3v) is 7.17. The molecule has 38 heavy (non-hydrogen) atoms. The van der Waals surface area contributed by atoms with Gasteiger partial charge in [0.25, 0.3) is 5.91 Å². The summed E-state index contributed by atoms with van der Waals surface area (Å²) in [6, 6.07) is 18.6. The summed E-state index contributed by atoms with van der Waals surface area (Å²) < 4.78 is 7.36. The van der Waals surface area contributed by atoms with Crippen molar-refractivity contribution in [3.05, 3.63) is 83.2 Å². The number of aliphatic hydroxyl groups excluding tert-OH is 1. The van der Waals surface area contributed by atoms with Gasteiger partial charge in [0.05, 0.1) is 39.1 Å². The number of carbonyl (C=O) groups is 1. The summed E-state index contributed by atoms with van der Waals surface area (Å²) in [7, 11) is 1.81. The van der Waals surface area contributed by atoms with Crippen LogP contribution in [-0.4, -0.2) is 43.3 Å². The minimum atomic E-state index is -1.05. The second kappa shape index (κ2) is 10.1. The number of imidazole rings is 1. The molecular formula is C28H29N5O4S. The number of aromatic nitrogens is 3. The lowest BCUT2D eigenvalue weighted by Crippen LogP contribution is -2.27. The maximum atomic E-state index is 13.2. The standard InChI is InChI=1S/C28H29N5O4S/c1-17-29-15-22(37-17)23-12-13-24(38-23)25(34)31-27-30-20-14-19(10-11-21(20)33(27)16-28(2,3)36)32(4)26(35)18-8-6-5-7-9-18/h5-15,26,35-36H,16H2,1-4H3,(H,30,31,34).